The molecule has 1 rings (SSSR count). The molecule has 0 heterocycles. The van der Waals surface area contributed by atoms with E-state index in [2.05, 4.69) is 52.0 Å². The molecule has 0 fully saturated rings. The van der Waals surface area contributed by atoms with E-state index < -0.39 is 0 Å². The summed E-state index contributed by atoms with van der Waals surface area (Å²) >= 11 is 0. The third-order valence-corrected chi connectivity index (χ3v) is 3.24. The number of rotatable bonds is 8. The molecule has 1 aromatic carbocycles. The van der Waals surface area contributed by atoms with E-state index in [-0.39, 0.29) is 0 Å². The summed E-state index contributed by atoms with van der Waals surface area (Å²) in [6.07, 6.45) is 2.78. The standard InChI is InChI=1S/C16H26O2/c1-5-13(3)17-11-15-7-9-16(10-8-15)12-18-14(4)6-2/h7-10,13-14H,5-6,11-12H2,1-4H3. The monoisotopic (exact) mass is 250 g/mol. The minimum Gasteiger partial charge on any atom is -0.374 e. The maximum Gasteiger partial charge on any atom is 0.0720 e. The van der Waals surface area contributed by atoms with Gasteiger partial charge in [0, 0.05) is 0 Å². The maximum absolute atomic E-state index is 5.70. The summed E-state index contributed by atoms with van der Waals surface area (Å²) in [7, 11) is 0. The second-order valence-electron chi connectivity index (χ2n) is 4.88. The zero-order valence-electron chi connectivity index (χ0n) is 12.1. The van der Waals surface area contributed by atoms with Crippen LogP contribution in [0.15, 0.2) is 24.3 Å². The SMILES string of the molecule is CCC(C)OCc1ccc(COC(C)CC)cc1. The van der Waals surface area contributed by atoms with E-state index in [9.17, 15) is 0 Å². The van der Waals surface area contributed by atoms with E-state index in [4.69, 9.17) is 9.47 Å². The average Bonchev–Trinajstić information content (AvgIpc) is 2.43. The molecule has 0 bridgehead atoms. The number of hydrogen-bond acceptors (Lipinski definition) is 2. The first-order chi connectivity index (χ1) is 8.65. The van der Waals surface area contributed by atoms with Gasteiger partial charge < -0.3 is 9.47 Å². The molecule has 0 saturated heterocycles. The molecule has 0 saturated carbocycles. The highest BCUT2D eigenvalue weighted by Crippen LogP contribution is 2.10. The van der Waals surface area contributed by atoms with E-state index >= 15 is 0 Å². The Morgan fingerprint density at radius 1 is 0.778 bits per heavy atom. The lowest BCUT2D eigenvalue weighted by atomic mass is 10.1. The molecule has 0 radical (unpaired) electrons. The fourth-order valence-corrected chi connectivity index (χ4v) is 1.44. The smallest absolute Gasteiger partial charge is 0.0720 e. The van der Waals surface area contributed by atoms with Gasteiger partial charge in [-0.15, -0.1) is 0 Å². The Kier molecular flexibility index (Phi) is 6.99. The first-order valence-corrected chi connectivity index (χ1v) is 6.96. The molecule has 0 aliphatic heterocycles. The van der Waals surface area contributed by atoms with Crippen LogP contribution in [0.2, 0.25) is 0 Å². The third kappa shape index (κ3) is 5.65. The first kappa shape index (κ1) is 15.2. The van der Waals surface area contributed by atoms with Crippen molar-refractivity contribution in [2.24, 2.45) is 0 Å². The van der Waals surface area contributed by atoms with Gasteiger partial charge in [0.1, 0.15) is 0 Å². The predicted octanol–water partition coefficient (Wildman–Crippen LogP) is 4.32. The number of benzene rings is 1. The largest absolute Gasteiger partial charge is 0.374 e. The van der Waals surface area contributed by atoms with Crippen LogP contribution in [0.3, 0.4) is 0 Å². The van der Waals surface area contributed by atoms with Gasteiger partial charge in [-0.05, 0) is 37.8 Å². The van der Waals surface area contributed by atoms with Gasteiger partial charge in [-0.25, -0.2) is 0 Å². The van der Waals surface area contributed by atoms with Crippen LogP contribution in [-0.2, 0) is 22.7 Å². The maximum atomic E-state index is 5.70. The molecule has 2 nitrogen and oxygen atoms in total. The molecule has 2 heteroatoms. The highest BCUT2D eigenvalue weighted by Gasteiger charge is 2.01. The summed E-state index contributed by atoms with van der Waals surface area (Å²) in [5.74, 6) is 0. The summed E-state index contributed by atoms with van der Waals surface area (Å²) in [5.41, 5.74) is 2.45. The van der Waals surface area contributed by atoms with Crippen LogP contribution in [-0.4, -0.2) is 12.2 Å². The molecule has 0 aliphatic rings. The Hall–Kier alpha value is -0.860. The predicted molar refractivity (Wildman–Crippen MR) is 75.5 cm³/mol. The molecule has 18 heavy (non-hydrogen) atoms. The van der Waals surface area contributed by atoms with Crippen LogP contribution < -0.4 is 0 Å². The fourth-order valence-electron chi connectivity index (χ4n) is 1.44. The fraction of sp³-hybridized carbons (Fsp3) is 0.625. The number of hydrogen-bond donors (Lipinski definition) is 0. The Labute approximate surface area is 111 Å². The van der Waals surface area contributed by atoms with Crippen LogP contribution in [0.25, 0.3) is 0 Å². The molecule has 0 amide bonds. The molecule has 2 atom stereocenters. The van der Waals surface area contributed by atoms with Crippen molar-refractivity contribution < 1.29 is 9.47 Å². The van der Waals surface area contributed by atoms with Gasteiger partial charge in [0.2, 0.25) is 0 Å². The van der Waals surface area contributed by atoms with Crippen LogP contribution in [0, 0.1) is 0 Å². The van der Waals surface area contributed by atoms with E-state index in [0.29, 0.717) is 25.4 Å². The summed E-state index contributed by atoms with van der Waals surface area (Å²) in [5, 5.41) is 0. The topological polar surface area (TPSA) is 18.5 Å². The molecular formula is C16H26O2. The minimum absolute atomic E-state index is 0.332. The minimum atomic E-state index is 0.332. The van der Waals surface area contributed by atoms with Crippen molar-refractivity contribution in [2.75, 3.05) is 0 Å². The zero-order chi connectivity index (χ0) is 13.4. The second-order valence-corrected chi connectivity index (χ2v) is 4.88. The summed E-state index contributed by atoms with van der Waals surface area (Å²) < 4.78 is 11.4. The molecule has 0 spiro atoms. The third-order valence-electron chi connectivity index (χ3n) is 3.24. The molecule has 102 valence electrons. The lowest BCUT2D eigenvalue weighted by molar-refractivity contribution is 0.0492. The molecule has 1 aromatic rings. The highest BCUT2D eigenvalue weighted by atomic mass is 16.5. The average molecular weight is 250 g/mol. The van der Waals surface area contributed by atoms with Crippen molar-refractivity contribution in [1.29, 1.82) is 0 Å². The van der Waals surface area contributed by atoms with Crippen molar-refractivity contribution in [2.45, 2.75) is 66.0 Å². The second kappa shape index (κ2) is 8.28. The van der Waals surface area contributed by atoms with Crippen molar-refractivity contribution in [3.05, 3.63) is 35.4 Å². The highest BCUT2D eigenvalue weighted by molar-refractivity contribution is 5.21. The van der Waals surface area contributed by atoms with Crippen molar-refractivity contribution in [3.8, 4) is 0 Å². The quantitative estimate of drug-likeness (QED) is 0.684. The molecule has 0 aliphatic carbocycles. The van der Waals surface area contributed by atoms with E-state index in [1.165, 1.54) is 11.1 Å². The lowest BCUT2D eigenvalue weighted by Crippen LogP contribution is -2.07. The van der Waals surface area contributed by atoms with Gasteiger partial charge in [-0.2, -0.15) is 0 Å². The Morgan fingerprint density at radius 3 is 1.39 bits per heavy atom. The van der Waals surface area contributed by atoms with Gasteiger partial charge in [-0.3, -0.25) is 0 Å². The Balaban J connectivity index is 2.37. The van der Waals surface area contributed by atoms with Crippen LogP contribution in [0.4, 0.5) is 0 Å². The molecule has 0 N–H and O–H groups in total. The van der Waals surface area contributed by atoms with E-state index in [1.807, 2.05) is 0 Å². The summed E-state index contributed by atoms with van der Waals surface area (Å²) in [6.45, 7) is 9.88. The molecule has 0 aromatic heterocycles. The van der Waals surface area contributed by atoms with E-state index in [1.54, 1.807) is 0 Å². The summed E-state index contributed by atoms with van der Waals surface area (Å²) in [6, 6.07) is 8.49. The number of ether oxygens (including phenoxy) is 2. The molecular weight excluding hydrogens is 224 g/mol. The first-order valence-electron chi connectivity index (χ1n) is 6.96. The van der Waals surface area contributed by atoms with Gasteiger partial charge in [0.25, 0.3) is 0 Å². The van der Waals surface area contributed by atoms with Crippen molar-refractivity contribution >= 4 is 0 Å². The van der Waals surface area contributed by atoms with Gasteiger partial charge in [0.15, 0.2) is 0 Å². The molecule has 2 unspecified atom stereocenters. The van der Waals surface area contributed by atoms with Crippen LogP contribution in [0.1, 0.15) is 51.7 Å². The van der Waals surface area contributed by atoms with Crippen LogP contribution in [0.5, 0.6) is 0 Å². The van der Waals surface area contributed by atoms with Crippen molar-refractivity contribution in [1.82, 2.24) is 0 Å². The van der Waals surface area contributed by atoms with Crippen molar-refractivity contribution in [3.63, 3.8) is 0 Å². The van der Waals surface area contributed by atoms with Crippen LogP contribution >= 0.6 is 0 Å². The van der Waals surface area contributed by atoms with Gasteiger partial charge in [0.05, 0.1) is 25.4 Å². The summed E-state index contributed by atoms with van der Waals surface area (Å²) in [4.78, 5) is 0. The normalized spacial score (nSPS) is 14.4. The Morgan fingerprint density at radius 2 is 1.11 bits per heavy atom. The van der Waals surface area contributed by atoms with Gasteiger partial charge >= 0.3 is 0 Å². The van der Waals surface area contributed by atoms with E-state index in [0.717, 1.165) is 12.8 Å². The zero-order valence-corrected chi connectivity index (χ0v) is 12.1. The Bertz CT molecular complexity index is 285. The lowest BCUT2D eigenvalue weighted by Gasteiger charge is -2.12. The van der Waals surface area contributed by atoms with Gasteiger partial charge in [-0.1, -0.05) is 38.1 Å².